The van der Waals surface area contributed by atoms with Crippen molar-refractivity contribution in [3.63, 3.8) is 0 Å². The molecular formula is C25H21BrN4S. The molecule has 2 atom stereocenters. The summed E-state index contributed by atoms with van der Waals surface area (Å²) in [5, 5.41) is 4.24. The summed E-state index contributed by atoms with van der Waals surface area (Å²) in [7, 11) is 0. The highest BCUT2D eigenvalue weighted by Gasteiger charge is 2.42. The highest BCUT2D eigenvalue weighted by atomic mass is 79.9. The lowest BCUT2D eigenvalue weighted by molar-refractivity contribution is 0.549. The molecule has 154 valence electrons. The number of hydrogen-bond acceptors (Lipinski definition) is 2. The SMILES string of the molecule is Cc1cccc(N2C(=S)N[C@@H](c3ccccn3)[C@H]2c2cccn2-c2ccc(Br)cc2)c1. The first-order valence-corrected chi connectivity index (χ1v) is 11.3. The second-order valence-corrected chi connectivity index (χ2v) is 8.92. The summed E-state index contributed by atoms with van der Waals surface area (Å²) in [6.07, 6.45) is 3.93. The van der Waals surface area contributed by atoms with E-state index in [4.69, 9.17) is 12.2 Å². The maximum absolute atomic E-state index is 5.84. The predicted molar refractivity (Wildman–Crippen MR) is 133 cm³/mol. The Balaban J connectivity index is 1.67. The van der Waals surface area contributed by atoms with Crippen LogP contribution in [0.3, 0.4) is 0 Å². The molecule has 0 bridgehead atoms. The molecule has 31 heavy (non-hydrogen) atoms. The number of aromatic nitrogens is 2. The third kappa shape index (κ3) is 3.77. The molecule has 4 nitrogen and oxygen atoms in total. The number of benzene rings is 2. The van der Waals surface area contributed by atoms with Gasteiger partial charge >= 0.3 is 0 Å². The molecule has 6 heteroatoms. The first-order chi connectivity index (χ1) is 15.1. The second-order valence-electron chi connectivity index (χ2n) is 7.62. The van der Waals surface area contributed by atoms with Gasteiger partial charge in [0.15, 0.2) is 5.11 Å². The fourth-order valence-corrected chi connectivity index (χ4v) is 4.79. The van der Waals surface area contributed by atoms with Gasteiger partial charge in [0, 0.05) is 33.9 Å². The largest absolute Gasteiger partial charge is 0.351 e. The lowest BCUT2D eigenvalue weighted by Gasteiger charge is -2.29. The number of nitrogens with zero attached hydrogens (tertiary/aromatic N) is 3. The van der Waals surface area contributed by atoms with Crippen LogP contribution in [0.4, 0.5) is 5.69 Å². The van der Waals surface area contributed by atoms with E-state index in [0.29, 0.717) is 5.11 Å². The van der Waals surface area contributed by atoms with E-state index in [1.165, 1.54) is 5.56 Å². The number of nitrogens with one attached hydrogen (secondary N) is 1. The zero-order chi connectivity index (χ0) is 21.4. The molecule has 1 saturated heterocycles. The lowest BCUT2D eigenvalue weighted by atomic mass is 10.0. The topological polar surface area (TPSA) is 33.1 Å². The molecule has 0 aliphatic carbocycles. The normalized spacial score (nSPS) is 18.3. The van der Waals surface area contributed by atoms with Gasteiger partial charge in [-0.05, 0) is 85.4 Å². The van der Waals surface area contributed by atoms with Crippen molar-refractivity contribution in [1.29, 1.82) is 0 Å². The number of pyridine rings is 1. The highest BCUT2D eigenvalue weighted by molar-refractivity contribution is 9.10. The average molecular weight is 489 g/mol. The quantitative estimate of drug-likeness (QED) is 0.350. The molecular weight excluding hydrogens is 468 g/mol. The Hall–Kier alpha value is -2.96. The minimum Gasteiger partial charge on any atom is -0.351 e. The maximum atomic E-state index is 5.84. The van der Waals surface area contributed by atoms with E-state index in [-0.39, 0.29) is 12.1 Å². The fourth-order valence-electron chi connectivity index (χ4n) is 4.18. The molecule has 0 saturated carbocycles. The van der Waals surface area contributed by atoms with Crippen LogP contribution < -0.4 is 10.2 Å². The van der Waals surface area contributed by atoms with E-state index >= 15 is 0 Å². The summed E-state index contributed by atoms with van der Waals surface area (Å²) in [5.41, 5.74) is 5.48. The number of anilines is 1. The molecule has 0 spiro atoms. The van der Waals surface area contributed by atoms with E-state index < -0.39 is 0 Å². The Labute approximate surface area is 195 Å². The van der Waals surface area contributed by atoms with Gasteiger partial charge in [0.1, 0.15) is 6.04 Å². The molecule has 0 unspecified atom stereocenters. The smallest absolute Gasteiger partial charge is 0.174 e. The standard InChI is InChI=1S/C25H21BrN4S/c1-17-6-4-7-20(16-17)30-24(23(28-25(30)31)21-8-2-3-14-27-21)22-9-5-15-29(22)19-12-10-18(26)11-13-19/h2-16,23-24H,1H3,(H,28,31)/t23-,24+/m0/s1. The third-order valence-electron chi connectivity index (χ3n) is 5.57. The van der Waals surface area contributed by atoms with Gasteiger partial charge in [-0.15, -0.1) is 0 Å². The summed E-state index contributed by atoms with van der Waals surface area (Å²) < 4.78 is 3.28. The number of aryl methyl sites for hydroxylation is 1. The number of thiocarbonyl (C=S) groups is 1. The van der Waals surface area contributed by atoms with Crippen molar-refractivity contribution in [3.05, 3.63) is 113 Å². The Bertz CT molecular complexity index is 1220. The summed E-state index contributed by atoms with van der Waals surface area (Å²) in [6.45, 7) is 2.10. The van der Waals surface area contributed by atoms with Gasteiger partial charge in [-0.3, -0.25) is 4.98 Å². The van der Waals surface area contributed by atoms with Gasteiger partial charge in [-0.1, -0.05) is 34.1 Å². The van der Waals surface area contributed by atoms with Crippen molar-refractivity contribution in [2.45, 2.75) is 19.0 Å². The van der Waals surface area contributed by atoms with Crippen LogP contribution in [0.5, 0.6) is 0 Å². The lowest BCUT2D eigenvalue weighted by Crippen LogP contribution is -2.30. The Morgan fingerprint density at radius 2 is 1.77 bits per heavy atom. The monoisotopic (exact) mass is 488 g/mol. The minimum absolute atomic E-state index is 0.0529. The molecule has 5 rings (SSSR count). The average Bonchev–Trinajstić information content (AvgIpc) is 3.39. The zero-order valence-electron chi connectivity index (χ0n) is 16.9. The first-order valence-electron chi connectivity index (χ1n) is 10.1. The van der Waals surface area contributed by atoms with Crippen LogP contribution >= 0.6 is 28.1 Å². The van der Waals surface area contributed by atoms with Crippen molar-refractivity contribution >= 4 is 38.9 Å². The third-order valence-corrected chi connectivity index (χ3v) is 6.41. The molecule has 1 N–H and O–H groups in total. The van der Waals surface area contributed by atoms with Gasteiger partial charge in [0.05, 0.1) is 11.7 Å². The Kier molecular flexibility index (Phi) is 5.34. The number of hydrogen-bond donors (Lipinski definition) is 1. The van der Waals surface area contributed by atoms with Gasteiger partial charge in [-0.25, -0.2) is 0 Å². The van der Waals surface area contributed by atoms with Crippen molar-refractivity contribution in [1.82, 2.24) is 14.9 Å². The van der Waals surface area contributed by atoms with Crippen molar-refractivity contribution in [2.75, 3.05) is 4.90 Å². The number of rotatable bonds is 4. The van der Waals surface area contributed by atoms with Gasteiger partial charge in [0.2, 0.25) is 0 Å². The summed E-state index contributed by atoms with van der Waals surface area (Å²) in [6, 6.07) is 27.0. The van der Waals surface area contributed by atoms with Crippen LogP contribution in [0.1, 0.15) is 29.0 Å². The van der Waals surface area contributed by atoms with Gasteiger partial charge in [-0.2, -0.15) is 0 Å². The second kappa shape index (κ2) is 8.29. The molecule has 2 aromatic carbocycles. The number of halogens is 1. The van der Waals surface area contributed by atoms with E-state index in [0.717, 1.165) is 27.2 Å². The van der Waals surface area contributed by atoms with Crippen molar-refractivity contribution in [2.24, 2.45) is 0 Å². The molecule has 0 radical (unpaired) electrons. The Morgan fingerprint density at radius 1 is 0.935 bits per heavy atom. The van der Waals surface area contributed by atoms with Gasteiger partial charge < -0.3 is 14.8 Å². The summed E-state index contributed by atoms with van der Waals surface area (Å²) in [4.78, 5) is 6.87. The minimum atomic E-state index is -0.0710. The predicted octanol–water partition coefficient (Wildman–Crippen LogP) is 6.12. The zero-order valence-corrected chi connectivity index (χ0v) is 19.3. The van der Waals surface area contributed by atoms with Crippen molar-refractivity contribution < 1.29 is 0 Å². The van der Waals surface area contributed by atoms with E-state index in [9.17, 15) is 0 Å². The Morgan fingerprint density at radius 3 is 2.52 bits per heavy atom. The highest BCUT2D eigenvalue weighted by Crippen LogP contribution is 2.42. The molecule has 2 aromatic heterocycles. The van der Waals surface area contributed by atoms with Crippen LogP contribution in [0.25, 0.3) is 5.69 Å². The summed E-state index contributed by atoms with van der Waals surface area (Å²) in [5.74, 6) is 0. The van der Waals surface area contributed by atoms with Crippen LogP contribution in [-0.4, -0.2) is 14.7 Å². The molecule has 0 amide bonds. The van der Waals surface area contributed by atoms with Crippen molar-refractivity contribution in [3.8, 4) is 5.69 Å². The van der Waals surface area contributed by atoms with E-state index in [1.807, 2.05) is 18.3 Å². The van der Waals surface area contributed by atoms with Crippen LogP contribution in [0.2, 0.25) is 0 Å². The first kappa shape index (κ1) is 20.0. The van der Waals surface area contributed by atoms with E-state index in [2.05, 4.69) is 116 Å². The van der Waals surface area contributed by atoms with Gasteiger partial charge in [0.25, 0.3) is 0 Å². The fraction of sp³-hybridized carbons (Fsp3) is 0.120. The van der Waals surface area contributed by atoms with Crippen LogP contribution in [-0.2, 0) is 0 Å². The summed E-state index contributed by atoms with van der Waals surface area (Å²) >= 11 is 9.38. The molecule has 1 fully saturated rings. The van der Waals surface area contributed by atoms with E-state index in [1.54, 1.807) is 0 Å². The molecule has 1 aliphatic rings. The maximum Gasteiger partial charge on any atom is 0.174 e. The molecule has 4 aromatic rings. The van der Waals surface area contributed by atoms with Crippen LogP contribution in [0.15, 0.2) is 95.7 Å². The van der Waals surface area contributed by atoms with Crippen LogP contribution in [0, 0.1) is 6.92 Å². The molecule has 3 heterocycles. The molecule has 1 aliphatic heterocycles.